The van der Waals surface area contributed by atoms with Crippen molar-refractivity contribution in [3.8, 4) is 0 Å². The van der Waals surface area contributed by atoms with Gasteiger partial charge in [0.05, 0.1) is 11.6 Å². The number of amides is 1. The van der Waals surface area contributed by atoms with Crippen molar-refractivity contribution in [3.05, 3.63) is 51.9 Å². The van der Waals surface area contributed by atoms with Gasteiger partial charge in [-0.05, 0) is 19.1 Å². The summed E-state index contributed by atoms with van der Waals surface area (Å²) in [6.45, 7) is 7.85. The van der Waals surface area contributed by atoms with Crippen molar-refractivity contribution in [2.24, 2.45) is 5.92 Å². The first-order valence-corrected chi connectivity index (χ1v) is 9.81. The summed E-state index contributed by atoms with van der Waals surface area (Å²) >= 11 is 1.43. The zero-order valence-corrected chi connectivity index (χ0v) is 16.7. The molecule has 1 N–H and O–H groups in total. The highest BCUT2D eigenvalue weighted by Crippen LogP contribution is 2.28. The minimum Gasteiger partial charge on any atom is -0.326 e. The van der Waals surface area contributed by atoms with E-state index in [-0.39, 0.29) is 28.6 Å². The molecule has 6 nitrogen and oxygen atoms in total. The molecule has 2 aromatic rings. The quantitative estimate of drug-likeness (QED) is 0.649. The molecule has 27 heavy (non-hydrogen) atoms. The maximum Gasteiger partial charge on any atom is 0.254 e. The van der Waals surface area contributed by atoms with E-state index < -0.39 is 0 Å². The van der Waals surface area contributed by atoms with Crippen LogP contribution in [0.4, 0.5) is 5.69 Å². The molecular weight excluding hydrogens is 362 g/mol. The second kappa shape index (κ2) is 7.31. The second-order valence-electron chi connectivity index (χ2n) is 7.76. The molecule has 3 rings (SSSR count). The molecule has 0 spiro atoms. The monoisotopic (exact) mass is 385 g/mol. The van der Waals surface area contributed by atoms with Gasteiger partial charge in [-0.3, -0.25) is 19.0 Å². The van der Waals surface area contributed by atoms with Gasteiger partial charge in [0.1, 0.15) is 0 Å². The Hall–Kier alpha value is -2.41. The Morgan fingerprint density at radius 1 is 1.26 bits per heavy atom. The molecule has 0 saturated heterocycles. The highest BCUT2D eigenvalue weighted by molar-refractivity contribution is 7.99. The lowest BCUT2D eigenvalue weighted by molar-refractivity contribution is -0.119. The van der Waals surface area contributed by atoms with E-state index in [9.17, 15) is 14.4 Å². The number of hydrogen-bond donors (Lipinski definition) is 1. The Labute approximate surface area is 162 Å². The molecule has 0 saturated carbocycles. The lowest BCUT2D eigenvalue weighted by Crippen LogP contribution is -2.37. The van der Waals surface area contributed by atoms with Crippen molar-refractivity contribution in [3.63, 3.8) is 0 Å². The third-order valence-electron chi connectivity index (χ3n) is 4.47. The maximum absolute atomic E-state index is 12.7. The number of rotatable bonds is 3. The van der Waals surface area contributed by atoms with Crippen LogP contribution in [0.15, 0.2) is 40.3 Å². The van der Waals surface area contributed by atoms with Gasteiger partial charge in [-0.2, -0.15) is 0 Å². The van der Waals surface area contributed by atoms with Crippen LogP contribution in [0.5, 0.6) is 0 Å². The molecular formula is C20H23N3O3S. The lowest BCUT2D eigenvalue weighted by Gasteiger charge is -2.26. The average molecular weight is 385 g/mol. The molecule has 7 heteroatoms. The largest absolute Gasteiger partial charge is 0.326 e. The van der Waals surface area contributed by atoms with Gasteiger partial charge in [0.2, 0.25) is 5.91 Å². The van der Waals surface area contributed by atoms with Gasteiger partial charge < -0.3 is 5.32 Å². The van der Waals surface area contributed by atoms with Crippen LogP contribution in [0.2, 0.25) is 0 Å². The number of fused-ring (bicyclic) bond motifs is 1. The smallest absolute Gasteiger partial charge is 0.254 e. The van der Waals surface area contributed by atoms with Crippen molar-refractivity contribution in [2.75, 3.05) is 11.1 Å². The number of nitrogens with zero attached hydrogens (tertiary/aromatic N) is 2. The van der Waals surface area contributed by atoms with E-state index in [0.29, 0.717) is 28.7 Å². The van der Waals surface area contributed by atoms with E-state index in [1.54, 1.807) is 34.9 Å². The van der Waals surface area contributed by atoms with E-state index >= 15 is 0 Å². The minimum absolute atomic E-state index is 0.0551. The normalized spacial score (nSPS) is 16.5. The molecule has 2 heterocycles. The Morgan fingerprint density at radius 3 is 2.67 bits per heavy atom. The number of thioether (sulfide) groups is 1. The first kappa shape index (κ1) is 19.4. The lowest BCUT2D eigenvalue weighted by atomic mass is 9.92. The van der Waals surface area contributed by atoms with Crippen LogP contribution >= 0.6 is 11.8 Å². The van der Waals surface area contributed by atoms with Crippen molar-refractivity contribution < 1.29 is 9.59 Å². The van der Waals surface area contributed by atoms with E-state index in [0.717, 1.165) is 5.69 Å². The summed E-state index contributed by atoms with van der Waals surface area (Å²) in [6.07, 6.45) is 0. The van der Waals surface area contributed by atoms with Gasteiger partial charge in [-0.1, -0.05) is 44.7 Å². The summed E-state index contributed by atoms with van der Waals surface area (Å²) < 4.78 is 1.57. The van der Waals surface area contributed by atoms with Gasteiger partial charge in [0.15, 0.2) is 10.9 Å². The van der Waals surface area contributed by atoms with Gasteiger partial charge >= 0.3 is 0 Å². The molecule has 1 aliphatic rings. The number of aromatic nitrogens is 2. The summed E-state index contributed by atoms with van der Waals surface area (Å²) in [5.41, 5.74) is 1.55. The number of benzene rings is 1. The predicted molar refractivity (Wildman–Crippen MR) is 106 cm³/mol. The molecule has 0 fully saturated rings. The van der Waals surface area contributed by atoms with Crippen LogP contribution in [-0.4, -0.2) is 27.0 Å². The molecule has 0 radical (unpaired) electrons. The van der Waals surface area contributed by atoms with Crippen LogP contribution in [0.25, 0.3) is 0 Å². The molecule has 1 aromatic carbocycles. The number of Topliss-reactive ketones (excluding diaryl/α,β-unsaturated/α-hetero) is 1. The zero-order chi connectivity index (χ0) is 19.8. The van der Waals surface area contributed by atoms with Crippen LogP contribution < -0.4 is 10.9 Å². The topological polar surface area (TPSA) is 81.1 Å². The molecule has 0 bridgehead atoms. The van der Waals surface area contributed by atoms with E-state index in [1.807, 2.05) is 20.8 Å². The van der Waals surface area contributed by atoms with Crippen molar-refractivity contribution in [1.82, 2.24) is 9.55 Å². The van der Waals surface area contributed by atoms with Crippen molar-refractivity contribution in [1.29, 1.82) is 0 Å². The van der Waals surface area contributed by atoms with Gasteiger partial charge in [0.25, 0.3) is 5.56 Å². The highest BCUT2D eigenvalue weighted by atomic mass is 32.2. The number of anilines is 1. The van der Waals surface area contributed by atoms with Crippen LogP contribution in [-0.2, 0) is 16.8 Å². The number of carbonyl (C=O) groups is 2. The minimum atomic E-state index is -0.344. The van der Waals surface area contributed by atoms with E-state index in [4.69, 9.17) is 0 Å². The number of hydrogen-bond acceptors (Lipinski definition) is 5. The molecule has 1 aromatic heterocycles. The predicted octanol–water partition coefficient (Wildman–Crippen LogP) is 3.10. The fourth-order valence-electron chi connectivity index (χ4n) is 2.81. The zero-order valence-electron chi connectivity index (χ0n) is 15.9. The Morgan fingerprint density at radius 2 is 2.00 bits per heavy atom. The standard InChI is InChI=1S/C20H23N3O3S/c1-12(24)13-6-5-7-15(8-13)21-18(26)14-10-23-17(25)9-16(20(2,3)4)22-19(23)27-11-14/h5-9,14H,10-11H2,1-4H3,(H,21,26)/t14-/m0/s1. The average Bonchev–Trinajstić information content (AvgIpc) is 2.60. The third kappa shape index (κ3) is 4.30. The fraction of sp³-hybridized carbons (Fsp3) is 0.400. The summed E-state index contributed by atoms with van der Waals surface area (Å²) in [5, 5.41) is 3.51. The first-order valence-electron chi connectivity index (χ1n) is 8.82. The molecule has 0 unspecified atom stereocenters. The summed E-state index contributed by atoms with van der Waals surface area (Å²) in [7, 11) is 0. The molecule has 1 aliphatic heterocycles. The van der Waals surface area contributed by atoms with Gasteiger partial charge in [-0.25, -0.2) is 4.98 Å². The number of nitrogens with one attached hydrogen (secondary N) is 1. The van der Waals surface area contributed by atoms with Crippen LogP contribution in [0, 0.1) is 5.92 Å². The van der Waals surface area contributed by atoms with Crippen LogP contribution in [0.1, 0.15) is 43.7 Å². The number of ketones is 1. The Balaban J connectivity index is 1.78. The molecule has 1 atom stereocenters. The third-order valence-corrected chi connectivity index (χ3v) is 5.60. The summed E-state index contributed by atoms with van der Waals surface area (Å²) in [4.78, 5) is 41.3. The first-order chi connectivity index (χ1) is 12.6. The van der Waals surface area contributed by atoms with Crippen LogP contribution in [0.3, 0.4) is 0 Å². The fourth-order valence-corrected chi connectivity index (χ4v) is 3.90. The molecule has 142 valence electrons. The number of carbonyl (C=O) groups excluding carboxylic acids is 2. The van der Waals surface area contributed by atoms with Crippen molar-refractivity contribution in [2.45, 2.75) is 44.8 Å². The van der Waals surface area contributed by atoms with Crippen molar-refractivity contribution >= 4 is 29.1 Å². The summed E-state index contributed by atoms with van der Waals surface area (Å²) in [5.74, 6) is -0.0113. The van der Waals surface area contributed by atoms with Gasteiger partial charge in [-0.15, -0.1) is 0 Å². The second-order valence-corrected chi connectivity index (χ2v) is 8.74. The SMILES string of the molecule is CC(=O)c1cccc(NC(=O)[C@@H]2CSc3nc(C(C)(C)C)cc(=O)n3C2)c1. The molecule has 0 aliphatic carbocycles. The molecule has 1 amide bonds. The Kier molecular flexibility index (Phi) is 5.24. The van der Waals surface area contributed by atoms with E-state index in [1.165, 1.54) is 18.7 Å². The van der Waals surface area contributed by atoms with Gasteiger partial charge in [0, 0.05) is 35.0 Å². The maximum atomic E-state index is 12.7. The highest BCUT2D eigenvalue weighted by Gasteiger charge is 2.28. The Bertz CT molecular complexity index is 960. The van der Waals surface area contributed by atoms with E-state index in [2.05, 4.69) is 10.3 Å². The summed E-state index contributed by atoms with van der Waals surface area (Å²) in [6, 6.07) is 8.41.